The molecule has 0 aliphatic rings. The Bertz CT molecular complexity index is 985. The van der Waals surface area contributed by atoms with Crippen molar-refractivity contribution in [3.63, 3.8) is 0 Å². The number of aromatic nitrogens is 2. The number of hydrogen-bond donors (Lipinski definition) is 4. The minimum Gasteiger partial charge on any atom is -0.396 e. The summed E-state index contributed by atoms with van der Waals surface area (Å²) in [5.74, 6) is 0.507. The number of halogens is 1. The van der Waals surface area contributed by atoms with Crippen molar-refractivity contribution >= 4 is 17.5 Å². The molecule has 0 radical (unpaired) electrons. The molecule has 0 saturated heterocycles. The zero-order valence-electron chi connectivity index (χ0n) is 17.1. The van der Waals surface area contributed by atoms with Crippen molar-refractivity contribution in [3.8, 4) is 0 Å². The Balaban J connectivity index is 1.69. The van der Waals surface area contributed by atoms with Crippen LogP contribution in [0.3, 0.4) is 0 Å². The summed E-state index contributed by atoms with van der Waals surface area (Å²) in [6.45, 7) is 1.49. The molecule has 0 aliphatic heterocycles. The molecule has 8 heteroatoms. The van der Waals surface area contributed by atoms with E-state index >= 15 is 0 Å². The lowest BCUT2D eigenvalue weighted by atomic mass is 10.1. The van der Waals surface area contributed by atoms with Gasteiger partial charge in [-0.25, -0.2) is 9.37 Å². The Hall–Kier alpha value is -3.52. The van der Waals surface area contributed by atoms with Gasteiger partial charge in [0, 0.05) is 38.6 Å². The molecule has 0 saturated carbocycles. The van der Waals surface area contributed by atoms with E-state index in [2.05, 4.69) is 25.9 Å². The molecule has 0 spiro atoms. The summed E-state index contributed by atoms with van der Waals surface area (Å²) in [6, 6.07) is 13.6. The summed E-state index contributed by atoms with van der Waals surface area (Å²) in [6.07, 6.45) is 4.55. The second-order valence-electron chi connectivity index (χ2n) is 6.95. The van der Waals surface area contributed by atoms with E-state index in [0.717, 1.165) is 11.1 Å². The zero-order valence-corrected chi connectivity index (χ0v) is 17.1. The van der Waals surface area contributed by atoms with E-state index in [1.165, 1.54) is 12.1 Å². The first-order chi connectivity index (χ1) is 15.2. The summed E-state index contributed by atoms with van der Waals surface area (Å²) in [5, 5.41) is 18.2. The molecule has 3 rings (SSSR count). The van der Waals surface area contributed by atoms with Gasteiger partial charge in [-0.15, -0.1) is 0 Å². The molecule has 4 N–H and O–H groups in total. The predicted molar refractivity (Wildman–Crippen MR) is 118 cm³/mol. The molecular formula is C23H26FN5O2. The molecule has 2 aromatic heterocycles. The molecule has 0 fully saturated rings. The van der Waals surface area contributed by atoms with Crippen LogP contribution in [0.1, 0.15) is 27.9 Å². The summed E-state index contributed by atoms with van der Waals surface area (Å²) in [4.78, 5) is 21.3. The van der Waals surface area contributed by atoms with Crippen molar-refractivity contribution in [3.05, 3.63) is 83.4 Å². The molecular weight excluding hydrogens is 397 g/mol. The van der Waals surface area contributed by atoms with E-state index in [0.29, 0.717) is 49.7 Å². The number of pyridine rings is 2. The van der Waals surface area contributed by atoms with E-state index in [1.54, 1.807) is 30.6 Å². The lowest BCUT2D eigenvalue weighted by Crippen LogP contribution is -2.25. The average Bonchev–Trinajstić information content (AvgIpc) is 2.79. The summed E-state index contributed by atoms with van der Waals surface area (Å²) in [5.41, 5.74) is 2.16. The molecule has 162 valence electrons. The minimum absolute atomic E-state index is 0.0839. The number of aliphatic hydroxyl groups is 1. The second-order valence-corrected chi connectivity index (χ2v) is 6.95. The molecule has 1 aromatic carbocycles. The quantitative estimate of drug-likeness (QED) is 0.354. The van der Waals surface area contributed by atoms with Crippen LogP contribution in [0.15, 0.2) is 60.9 Å². The summed E-state index contributed by atoms with van der Waals surface area (Å²) in [7, 11) is 0. The predicted octanol–water partition coefficient (Wildman–Crippen LogP) is 2.99. The first kappa shape index (κ1) is 22.2. The fourth-order valence-electron chi connectivity index (χ4n) is 2.97. The third-order valence-corrected chi connectivity index (χ3v) is 4.55. The van der Waals surface area contributed by atoms with E-state index in [-0.39, 0.29) is 18.3 Å². The van der Waals surface area contributed by atoms with Crippen molar-refractivity contribution in [1.29, 1.82) is 0 Å². The highest BCUT2D eigenvalue weighted by Gasteiger charge is 2.14. The van der Waals surface area contributed by atoms with E-state index < -0.39 is 0 Å². The van der Waals surface area contributed by atoms with Crippen LogP contribution in [-0.2, 0) is 13.0 Å². The van der Waals surface area contributed by atoms with Gasteiger partial charge in [0.15, 0.2) is 0 Å². The molecule has 31 heavy (non-hydrogen) atoms. The van der Waals surface area contributed by atoms with Crippen molar-refractivity contribution in [2.45, 2.75) is 19.4 Å². The molecule has 0 bridgehead atoms. The summed E-state index contributed by atoms with van der Waals surface area (Å²) < 4.78 is 13.4. The molecule has 0 aliphatic carbocycles. The number of aliphatic hydroxyl groups excluding tert-OH is 1. The highest BCUT2D eigenvalue weighted by Crippen LogP contribution is 2.17. The molecule has 2 heterocycles. The number of benzene rings is 1. The Labute approximate surface area is 180 Å². The van der Waals surface area contributed by atoms with Gasteiger partial charge in [0.25, 0.3) is 5.91 Å². The van der Waals surface area contributed by atoms with Crippen LogP contribution in [0.4, 0.5) is 16.0 Å². The van der Waals surface area contributed by atoms with Crippen molar-refractivity contribution in [1.82, 2.24) is 15.3 Å². The van der Waals surface area contributed by atoms with E-state index in [4.69, 9.17) is 5.11 Å². The standard InChI is InChI=1S/C23H26FN5O2/c24-19-6-1-4-17(14-19)9-12-27-22-20(7-8-21(29-22)26-11-3-13-30)23(31)28-16-18-5-2-10-25-15-18/h1-2,4-8,10,14-15,30H,3,9,11-13,16H2,(H,28,31)(H2,26,27,29). The van der Waals surface area contributed by atoms with Gasteiger partial charge < -0.3 is 21.1 Å². The van der Waals surface area contributed by atoms with Gasteiger partial charge in [-0.2, -0.15) is 0 Å². The largest absolute Gasteiger partial charge is 0.396 e. The van der Waals surface area contributed by atoms with E-state index in [9.17, 15) is 9.18 Å². The van der Waals surface area contributed by atoms with Gasteiger partial charge in [-0.1, -0.05) is 18.2 Å². The number of nitrogens with zero attached hydrogens (tertiary/aromatic N) is 2. The third kappa shape index (κ3) is 7.04. The fraction of sp³-hybridized carbons (Fsp3) is 0.261. The maximum atomic E-state index is 13.4. The van der Waals surface area contributed by atoms with Gasteiger partial charge in [0.05, 0.1) is 5.56 Å². The minimum atomic E-state index is -0.277. The Morgan fingerprint density at radius 1 is 1.03 bits per heavy atom. The van der Waals surface area contributed by atoms with Crippen LogP contribution in [0.25, 0.3) is 0 Å². The average molecular weight is 423 g/mol. The number of amides is 1. The van der Waals surface area contributed by atoms with Crippen LogP contribution < -0.4 is 16.0 Å². The number of carbonyl (C=O) groups excluding carboxylic acids is 1. The molecule has 0 unspecified atom stereocenters. The van der Waals surface area contributed by atoms with Crippen LogP contribution in [0.5, 0.6) is 0 Å². The van der Waals surface area contributed by atoms with Crippen LogP contribution >= 0.6 is 0 Å². The van der Waals surface area contributed by atoms with Gasteiger partial charge >= 0.3 is 0 Å². The summed E-state index contributed by atoms with van der Waals surface area (Å²) >= 11 is 0. The third-order valence-electron chi connectivity index (χ3n) is 4.55. The first-order valence-electron chi connectivity index (χ1n) is 10.2. The van der Waals surface area contributed by atoms with Crippen molar-refractivity contribution < 1.29 is 14.3 Å². The van der Waals surface area contributed by atoms with Gasteiger partial charge in [-0.3, -0.25) is 9.78 Å². The number of rotatable bonds is 11. The molecule has 0 atom stereocenters. The number of nitrogens with one attached hydrogen (secondary N) is 3. The van der Waals surface area contributed by atoms with Crippen LogP contribution in [-0.4, -0.2) is 40.7 Å². The number of carbonyl (C=O) groups is 1. The van der Waals surface area contributed by atoms with Gasteiger partial charge in [0.1, 0.15) is 17.5 Å². The van der Waals surface area contributed by atoms with Crippen molar-refractivity contribution in [2.75, 3.05) is 30.3 Å². The second kappa shape index (κ2) is 11.6. The lowest BCUT2D eigenvalue weighted by molar-refractivity contribution is 0.0951. The smallest absolute Gasteiger partial charge is 0.255 e. The van der Waals surface area contributed by atoms with E-state index in [1.807, 2.05) is 18.2 Å². The molecule has 1 amide bonds. The molecule has 7 nitrogen and oxygen atoms in total. The SMILES string of the molecule is O=C(NCc1cccnc1)c1ccc(NCCCO)nc1NCCc1cccc(F)c1. The van der Waals surface area contributed by atoms with Crippen LogP contribution in [0, 0.1) is 5.82 Å². The Kier molecular flexibility index (Phi) is 8.30. The van der Waals surface area contributed by atoms with Crippen LogP contribution in [0.2, 0.25) is 0 Å². The Morgan fingerprint density at radius 2 is 1.90 bits per heavy atom. The zero-order chi connectivity index (χ0) is 21.9. The lowest BCUT2D eigenvalue weighted by Gasteiger charge is -2.14. The molecule has 3 aromatic rings. The number of anilines is 2. The highest BCUT2D eigenvalue weighted by atomic mass is 19.1. The number of hydrogen-bond acceptors (Lipinski definition) is 6. The highest BCUT2D eigenvalue weighted by molar-refractivity contribution is 5.99. The topological polar surface area (TPSA) is 99.2 Å². The maximum absolute atomic E-state index is 13.4. The van der Waals surface area contributed by atoms with Gasteiger partial charge in [0.2, 0.25) is 0 Å². The normalized spacial score (nSPS) is 10.5. The maximum Gasteiger partial charge on any atom is 0.255 e. The first-order valence-corrected chi connectivity index (χ1v) is 10.2. The van der Waals surface area contributed by atoms with Gasteiger partial charge in [-0.05, 0) is 54.3 Å². The monoisotopic (exact) mass is 423 g/mol. The van der Waals surface area contributed by atoms with Crippen molar-refractivity contribution in [2.24, 2.45) is 0 Å². The fourth-order valence-corrected chi connectivity index (χ4v) is 2.97. The Morgan fingerprint density at radius 3 is 2.68 bits per heavy atom.